The lowest BCUT2D eigenvalue weighted by molar-refractivity contribution is 0.181. The van der Waals surface area contributed by atoms with Crippen molar-refractivity contribution in [3.63, 3.8) is 0 Å². The van der Waals surface area contributed by atoms with Crippen LogP contribution in [0.15, 0.2) is 54.7 Å². The quantitative estimate of drug-likeness (QED) is 0.524. The van der Waals surface area contributed by atoms with E-state index in [2.05, 4.69) is 31.3 Å². The Morgan fingerprint density at radius 3 is 2.70 bits per heavy atom. The Kier molecular flexibility index (Phi) is 5.41. The monoisotopic (exact) mass is 398 g/mol. The molecule has 0 atom stereocenters. The average molecular weight is 398 g/mol. The minimum atomic E-state index is 0.306. The van der Waals surface area contributed by atoms with Crippen LogP contribution in [-0.2, 0) is 17.9 Å². The fourth-order valence-corrected chi connectivity index (χ4v) is 2.96. The van der Waals surface area contributed by atoms with E-state index in [1.165, 1.54) is 0 Å². The van der Waals surface area contributed by atoms with Crippen LogP contribution in [0.2, 0.25) is 0 Å². The van der Waals surface area contributed by atoms with Gasteiger partial charge in [0.25, 0.3) is 0 Å². The average Bonchev–Trinajstić information content (AvgIpc) is 3.22. The SMILES string of the molecule is COCc1cccc(Cn2cc(-c3cc(N)nc(-c4cccc(C#N)c4)n3)nn2)n1. The van der Waals surface area contributed by atoms with E-state index >= 15 is 0 Å². The maximum absolute atomic E-state index is 9.12. The molecule has 0 fully saturated rings. The van der Waals surface area contributed by atoms with Crippen molar-refractivity contribution >= 4 is 5.82 Å². The number of methoxy groups -OCH3 is 1. The molecule has 0 saturated carbocycles. The topological polar surface area (TPSA) is 128 Å². The highest BCUT2D eigenvalue weighted by molar-refractivity contribution is 5.65. The van der Waals surface area contributed by atoms with Crippen LogP contribution < -0.4 is 5.73 Å². The second-order valence-corrected chi connectivity index (χ2v) is 6.55. The molecule has 148 valence electrons. The lowest BCUT2D eigenvalue weighted by Gasteiger charge is -2.05. The second-order valence-electron chi connectivity index (χ2n) is 6.55. The molecule has 0 aliphatic carbocycles. The highest BCUT2D eigenvalue weighted by Crippen LogP contribution is 2.22. The first-order chi connectivity index (χ1) is 14.6. The summed E-state index contributed by atoms with van der Waals surface area (Å²) in [5.74, 6) is 0.728. The molecule has 9 heteroatoms. The lowest BCUT2D eigenvalue weighted by Crippen LogP contribution is -2.04. The van der Waals surface area contributed by atoms with Gasteiger partial charge in [-0.3, -0.25) is 4.98 Å². The third-order valence-electron chi connectivity index (χ3n) is 4.28. The van der Waals surface area contributed by atoms with Crippen LogP contribution in [0.5, 0.6) is 0 Å². The summed E-state index contributed by atoms with van der Waals surface area (Å²) >= 11 is 0. The van der Waals surface area contributed by atoms with Gasteiger partial charge in [0.1, 0.15) is 11.5 Å². The van der Waals surface area contributed by atoms with E-state index in [4.69, 9.17) is 15.7 Å². The molecule has 0 amide bonds. The summed E-state index contributed by atoms with van der Waals surface area (Å²) in [6.45, 7) is 0.911. The van der Waals surface area contributed by atoms with Gasteiger partial charge < -0.3 is 10.5 Å². The van der Waals surface area contributed by atoms with Crippen molar-refractivity contribution in [3.8, 4) is 28.8 Å². The Labute approximate surface area is 172 Å². The molecule has 1 aromatic carbocycles. The van der Waals surface area contributed by atoms with Crippen molar-refractivity contribution < 1.29 is 4.74 Å². The Morgan fingerprint density at radius 1 is 1.03 bits per heavy atom. The minimum Gasteiger partial charge on any atom is -0.384 e. The molecule has 0 aliphatic heterocycles. The predicted octanol–water partition coefficient (Wildman–Crippen LogP) is 2.45. The zero-order chi connectivity index (χ0) is 20.9. The Bertz CT molecular complexity index is 1230. The van der Waals surface area contributed by atoms with Crippen molar-refractivity contribution in [2.45, 2.75) is 13.2 Å². The van der Waals surface area contributed by atoms with E-state index in [0.717, 1.165) is 11.4 Å². The van der Waals surface area contributed by atoms with E-state index in [9.17, 15) is 0 Å². The van der Waals surface area contributed by atoms with Crippen LogP contribution in [-0.4, -0.2) is 37.1 Å². The summed E-state index contributed by atoms with van der Waals surface area (Å²) in [7, 11) is 1.64. The van der Waals surface area contributed by atoms with E-state index in [1.54, 1.807) is 42.3 Å². The van der Waals surface area contributed by atoms with E-state index in [0.29, 0.717) is 47.3 Å². The third-order valence-corrected chi connectivity index (χ3v) is 4.28. The Morgan fingerprint density at radius 2 is 1.87 bits per heavy atom. The van der Waals surface area contributed by atoms with Gasteiger partial charge in [0.05, 0.1) is 48.1 Å². The molecule has 3 aromatic heterocycles. The molecule has 0 unspecified atom stereocenters. The fraction of sp³-hybridized carbons (Fsp3) is 0.143. The van der Waals surface area contributed by atoms with Gasteiger partial charge in [-0.25, -0.2) is 14.6 Å². The normalized spacial score (nSPS) is 10.7. The molecule has 0 spiro atoms. The molecular weight excluding hydrogens is 380 g/mol. The van der Waals surface area contributed by atoms with Crippen molar-refractivity contribution in [2.24, 2.45) is 0 Å². The van der Waals surface area contributed by atoms with Gasteiger partial charge in [-0.2, -0.15) is 5.26 Å². The van der Waals surface area contributed by atoms with Crippen molar-refractivity contribution in [3.05, 3.63) is 71.7 Å². The Balaban J connectivity index is 1.61. The largest absolute Gasteiger partial charge is 0.384 e. The molecule has 0 saturated heterocycles. The van der Waals surface area contributed by atoms with Gasteiger partial charge in [-0.1, -0.05) is 23.4 Å². The molecule has 0 aliphatic rings. The minimum absolute atomic E-state index is 0.306. The molecule has 9 nitrogen and oxygen atoms in total. The standard InChI is InChI=1S/C21H18N8O/c1-30-13-17-7-3-6-16(24-17)11-29-12-19(27-28-29)18-9-20(23)26-21(25-18)15-5-2-4-14(8-15)10-22/h2-9,12H,11,13H2,1H3,(H2,23,25,26). The van der Waals surface area contributed by atoms with Crippen molar-refractivity contribution in [1.82, 2.24) is 29.9 Å². The summed E-state index contributed by atoms with van der Waals surface area (Å²) in [4.78, 5) is 13.4. The molecule has 30 heavy (non-hydrogen) atoms. The fourth-order valence-electron chi connectivity index (χ4n) is 2.96. The number of rotatable bonds is 6. The number of aromatic nitrogens is 6. The third kappa shape index (κ3) is 4.29. The van der Waals surface area contributed by atoms with Crippen LogP contribution in [0, 0.1) is 11.3 Å². The number of nitriles is 1. The van der Waals surface area contributed by atoms with E-state index in [-0.39, 0.29) is 0 Å². The van der Waals surface area contributed by atoms with Crippen LogP contribution in [0.25, 0.3) is 22.8 Å². The van der Waals surface area contributed by atoms with Gasteiger partial charge in [0.2, 0.25) is 0 Å². The number of nitrogens with two attached hydrogens (primary N) is 1. The molecule has 4 rings (SSSR count). The van der Waals surface area contributed by atoms with E-state index in [1.807, 2.05) is 24.3 Å². The molecule has 0 radical (unpaired) electrons. The summed E-state index contributed by atoms with van der Waals surface area (Å²) in [5, 5.41) is 17.5. The van der Waals surface area contributed by atoms with Crippen LogP contribution in [0.1, 0.15) is 17.0 Å². The molecular formula is C21H18N8O. The maximum Gasteiger partial charge on any atom is 0.162 e. The molecule has 3 heterocycles. The lowest BCUT2D eigenvalue weighted by atomic mass is 10.1. The predicted molar refractivity (Wildman–Crippen MR) is 110 cm³/mol. The zero-order valence-electron chi connectivity index (χ0n) is 16.2. The molecule has 0 bridgehead atoms. The number of pyridine rings is 1. The number of anilines is 1. The first kappa shape index (κ1) is 19.2. The maximum atomic E-state index is 9.12. The highest BCUT2D eigenvalue weighted by atomic mass is 16.5. The van der Waals surface area contributed by atoms with Crippen LogP contribution in [0.4, 0.5) is 5.82 Å². The summed E-state index contributed by atoms with van der Waals surface area (Å²) < 4.78 is 6.81. The second kappa shape index (κ2) is 8.46. The van der Waals surface area contributed by atoms with Crippen molar-refractivity contribution in [1.29, 1.82) is 5.26 Å². The van der Waals surface area contributed by atoms with Gasteiger partial charge in [-0.05, 0) is 24.3 Å². The van der Waals surface area contributed by atoms with E-state index < -0.39 is 0 Å². The van der Waals surface area contributed by atoms with Gasteiger partial charge in [0.15, 0.2) is 5.82 Å². The number of benzene rings is 1. The van der Waals surface area contributed by atoms with Gasteiger partial charge in [-0.15, -0.1) is 5.10 Å². The number of nitrogens with zero attached hydrogens (tertiary/aromatic N) is 7. The Hall–Kier alpha value is -4.16. The van der Waals surface area contributed by atoms with Gasteiger partial charge in [0, 0.05) is 18.7 Å². The van der Waals surface area contributed by atoms with Crippen molar-refractivity contribution in [2.75, 3.05) is 12.8 Å². The summed E-state index contributed by atoms with van der Waals surface area (Å²) in [6.07, 6.45) is 1.78. The number of ether oxygens (including phenoxy) is 1. The zero-order valence-corrected chi connectivity index (χ0v) is 16.2. The number of hydrogen-bond donors (Lipinski definition) is 1. The smallest absolute Gasteiger partial charge is 0.162 e. The van der Waals surface area contributed by atoms with Crippen LogP contribution in [0.3, 0.4) is 0 Å². The van der Waals surface area contributed by atoms with Gasteiger partial charge >= 0.3 is 0 Å². The number of hydrogen-bond acceptors (Lipinski definition) is 8. The summed E-state index contributed by atoms with van der Waals surface area (Å²) in [5.41, 5.74) is 10.0. The first-order valence-corrected chi connectivity index (χ1v) is 9.14. The first-order valence-electron chi connectivity index (χ1n) is 9.14. The molecule has 2 N–H and O–H groups in total. The van der Waals surface area contributed by atoms with Crippen LogP contribution >= 0.6 is 0 Å². The summed E-state index contributed by atoms with van der Waals surface area (Å²) in [6, 6.07) is 16.6. The molecule has 4 aromatic rings. The highest BCUT2D eigenvalue weighted by Gasteiger charge is 2.12. The number of nitrogen functional groups attached to an aromatic ring is 1.